The maximum Gasteiger partial charge on any atom is 0.239 e. The molecule has 0 aliphatic rings. The van der Waals surface area contributed by atoms with Crippen molar-refractivity contribution in [2.24, 2.45) is 0 Å². The van der Waals surface area contributed by atoms with Crippen molar-refractivity contribution in [3.05, 3.63) is 48.0 Å². The molecule has 2 amide bonds. The second-order valence-corrected chi connectivity index (χ2v) is 9.48. The summed E-state index contributed by atoms with van der Waals surface area (Å²) in [5.74, 6) is -0.643. The quantitative estimate of drug-likeness (QED) is 0.480. The van der Waals surface area contributed by atoms with E-state index in [4.69, 9.17) is 14.2 Å². The average molecular weight is 479 g/mol. The molecule has 2 rings (SSSR count). The van der Waals surface area contributed by atoms with Crippen molar-refractivity contribution in [1.82, 2.24) is 5.32 Å². The maximum absolute atomic E-state index is 12.6. The number of benzene rings is 2. The first-order valence-corrected chi connectivity index (χ1v) is 12.1. The third kappa shape index (κ3) is 7.38. The molecular weight excluding hydrogens is 448 g/mol. The van der Waals surface area contributed by atoms with Crippen molar-refractivity contribution in [3.8, 4) is 17.2 Å². The number of para-hydroxylation sites is 2. The summed E-state index contributed by atoms with van der Waals surface area (Å²) in [4.78, 5) is 24.7. The standard InChI is InChI=1S/C23H30N2O7S/c1-5-32-19-9-7-6-8-18(19)25-22(26)15-33(28,29)16(2)23(27)24-13-12-17-10-11-20(30-3)21(14-17)31-4/h6-11,14,16H,5,12-13,15H2,1-4H3,(H,24,27)(H,25,26). The predicted octanol–water partition coefficient (Wildman–Crippen LogP) is 2.20. The maximum atomic E-state index is 12.6. The molecule has 33 heavy (non-hydrogen) atoms. The fourth-order valence-corrected chi connectivity index (χ4v) is 4.12. The number of hydrogen-bond donors (Lipinski definition) is 2. The van der Waals surface area contributed by atoms with E-state index in [1.54, 1.807) is 43.3 Å². The lowest BCUT2D eigenvalue weighted by molar-refractivity contribution is -0.120. The van der Waals surface area contributed by atoms with E-state index in [0.717, 1.165) is 5.56 Å². The number of nitrogens with one attached hydrogen (secondary N) is 2. The number of carbonyl (C=O) groups is 2. The molecule has 0 radical (unpaired) electrons. The van der Waals surface area contributed by atoms with Crippen LogP contribution in [0.3, 0.4) is 0 Å². The predicted molar refractivity (Wildman–Crippen MR) is 126 cm³/mol. The van der Waals surface area contributed by atoms with E-state index in [0.29, 0.717) is 36.0 Å². The number of carbonyl (C=O) groups excluding carboxylic acids is 2. The van der Waals surface area contributed by atoms with Crippen LogP contribution in [0.25, 0.3) is 0 Å². The molecule has 2 aromatic rings. The molecule has 0 aliphatic heterocycles. The highest BCUT2D eigenvalue weighted by molar-refractivity contribution is 7.93. The number of sulfone groups is 1. The zero-order valence-corrected chi connectivity index (χ0v) is 20.0. The molecule has 0 fully saturated rings. The second kappa shape index (κ2) is 12.1. The number of ether oxygens (including phenoxy) is 3. The summed E-state index contributed by atoms with van der Waals surface area (Å²) in [5, 5.41) is 3.76. The van der Waals surface area contributed by atoms with E-state index in [1.807, 2.05) is 6.07 Å². The van der Waals surface area contributed by atoms with Crippen LogP contribution < -0.4 is 24.8 Å². The fourth-order valence-electron chi connectivity index (χ4n) is 3.02. The van der Waals surface area contributed by atoms with Crippen molar-refractivity contribution in [1.29, 1.82) is 0 Å². The zero-order valence-electron chi connectivity index (χ0n) is 19.2. The van der Waals surface area contributed by atoms with Crippen LogP contribution in [-0.4, -0.2) is 58.6 Å². The van der Waals surface area contributed by atoms with Crippen LogP contribution in [-0.2, 0) is 25.8 Å². The molecule has 0 bridgehead atoms. The molecule has 0 heterocycles. The SMILES string of the molecule is CCOc1ccccc1NC(=O)CS(=O)(=O)C(C)C(=O)NCCc1ccc(OC)c(OC)c1. The second-order valence-electron chi connectivity index (χ2n) is 7.16. The van der Waals surface area contributed by atoms with Gasteiger partial charge >= 0.3 is 0 Å². The molecule has 10 heteroatoms. The van der Waals surface area contributed by atoms with Gasteiger partial charge in [0.1, 0.15) is 16.8 Å². The van der Waals surface area contributed by atoms with Crippen molar-refractivity contribution < 1.29 is 32.2 Å². The van der Waals surface area contributed by atoms with Crippen LogP contribution in [0.15, 0.2) is 42.5 Å². The number of rotatable bonds is 12. The molecule has 180 valence electrons. The molecule has 9 nitrogen and oxygen atoms in total. The minimum atomic E-state index is -4.02. The largest absolute Gasteiger partial charge is 0.493 e. The van der Waals surface area contributed by atoms with Crippen molar-refractivity contribution in [3.63, 3.8) is 0 Å². The van der Waals surface area contributed by atoms with E-state index in [1.165, 1.54) is 21.1 Å². The van der Waals surface area contributed by atoms with Crippen LogP contribution in [0.2, 0.25) is 0 Å². The Morgan fingerprint density at radius 1 is 1.00 bits per heavy atom. The number of amides is 2. The molecule has 0 saturated heterocycles. The van der Waals surface area contributed by atoms with E-state index in [9.17, 15) is 18.0 Å². The summed E-state index contributed by atoms with van der Waals surface area (Å²) >= 11 is 0. The summed E-state index contributed by atoms with van der Waals surface area (Å²) in [6, 6.07) is 12.1. The Morgan fingerprint density at radius 3 is 2.36 bits per heavy atom. The molecule has 2 N–H and O–H groups in total. The van der Waals surface area contributed by atoms with Crippen molar-refractivity contribution in [2.45, 2.75) is 25.5 Å². The smallest absolute Gasteiger partial charge is 0.239 e. The van der Waals surface area contributed by atoms with Gasteiger partial charge in [-0.3, -0.25) is 9.59 Å². The van der Waals surface area contributed by atoms with Gasteiger partial charge in [0.25, 0.3) is 0 Å². The molecule has 2 aromatic carbocycles. The van der Waals surface area contributed by atoms with Gasteiger partial charge in [0.05, 0.1) is 26.5 Å². The molecular formula is C23H30N2O7S. The van der Waals surface area contributed by atoms with Gasteiger partial charge in [-0.15, -0.1) is 0 Å². The van der Waals surface area contributed by atoms with Gasteiger partial charge < -0.3 is 24.8 Å². The molecule has 1 unspecified atom stereocenters. The highest BCUT2D eigenvalue weighted by atomic mass is 32.2. The van der Waals surface area contributed by atoms with Gasteiger partial charge in [-0.25, -0.2) is 8.42 Å². The van der Waals surface area contributed by atoms with Crippen molar-refractivity contribution in [2.75, 3.05) is 38.4 Å². The Balaban J connectivity index is 1.91. The van der Waals surface area contributed by atoms with Gasteiger partial charge in [-0.1, -0.05) is 18.2 Å². The minimum absolute atomic E-state index is 0.224. The van der Waals surface area contributed by atoms with Gasteiger partial charge in [0.2, 0.25) is 11.8 Å². The summed E-state index contributed by atoms with van der Waals surface area (Å²) in [5.41, 5.74) is 1.25. The van der Waals surface area contributed by atoms with Gasteiger partial charge in [-0.05, 0) is 50.1 Å². The number of anilines is 1. The van der Waals surface area contributed by atoms with E-state index in [-0.39, 0.29) is 6.54 Å². The van der Waals surface area contributed by atoms with Crippen LogP contribution >= 0.6 is 0 Å². The van der Waals surface area contributed by atoms with Gasteiger partial charge in [-0.2, -0.15) is 0 Å². The summed E-state index contributed by atoms with van der Waals surface area (Å²) < 4.78 is 41.0. The average Bonchev–Trinajstić information content (AvgIpc) is 2.79. The van der Waals surface area contributed by atoms with Gasteiger partial charge in [0.15, 0.2) is 21.3 Å². The third-order valence-electron chi connectivity index (χ3n) is 4.86. The zero-order chi connectivity index (χ0) is 24.4. The summed E-state index contributed by atoms with van der Waals surface area (Å²) in [6.45, 7) is 3.69. The van der Waals surface area contributed by atoms with Crippen LogP contribution in [0.5, 0.6) is 17.2 Å². The van der Waals surface area contributed by atoms with Crippen LogP contribution in [0, 0.1) is 0 Å². The first-order chi connectivity index (χ1) is 15.7. The molecule has 0 aromatic heterocycles. The van der Waals surface area contributed by atoms with Crippen LogP contribution in [0.4, 0.5) is 5.69 Å². The summed E-state index contributed by atoms with van der Waals surface area (Å²) in [6.07, 6.45) is 0.466. The van der Waals surface area contributed by atoms with Crippen LogP contribution in [0.1, 0.15) is 19.4 Å². The first kappa shape index (κ1) is 26.0. The number of hydrogen-bond acceptors (Lipinski definition) is 7. The topological polar surface area (TPSA) is 120 Å². The third-order valence-corrected chi connectivity index (χ3v) is 6.82. The lowest BCUT2D eigenvalue weighted by Crippen LogP contribution is -2.41. The number of methoxy groups -OCH3 is 2. The van der Waals surface area contributed by atoms with E-state index in [2.05, 4.69) is 10.6 Å². The first-order valence-electron chi connectivity index (χ1n) is 10.4. The monoisotopic (exact) mass is 478 g/mol. The highest BCUT2D eigenvalue weighted by Gasteiger charge is 2.30. The van der Waals surface area contributed by atoms with Crippen molar-refractivity contribution >= 4 is 27.3 Å². The normalized spacial score (nSPS) is 11.9. The van der Waals surface area contributed by atoms with Gasteiger partial charge in [0, 0.05) is 6.54 Å². The Kier molecular flexibility index (Phi) is 9.53. The fraction of sp³-hybridized carbons (Fsp3) is 0.391. The molecule has 0 aliphatic carbocycles. The molecule has 1 atom stereocenters. The Hall–Kier alpha value is -3.27. The minimum Gasteiger partial charge on any atom is -0.493 e. The Labute approximate surface area is 194 Å². The lowest BCUT2D eigenvalue weighted by atomic mass is 10.1. The Morgan fingerprint density at radius 2 is 1.70 bits per heavy atom. The van der Waals surface area contributed by atoms with E-state index >= 15 is 0 Å². The summed E-state index contributed by atoms with van der Waals surface area (Å²) in [7, 11) is -0.952. The molecule has 0 spiro atoms. The lowest BCUT2D eigenvalue weighted by Gasteiger charge is -2.15. The highest BCUT2D eigenvalue weighted by Crippen LogP contribution is 2.27. The molecule has 0 saturated carbocycles. The van der Waals surface area contributed by atoms with E-state index < -0.39 is 32.7 Å². The Bertz CT molecular complexity index is 1070.